The van der Waals surface area contributed by atoms with Gasteiger partial charge in [0, 0.05) is 36.4 Å². The van der Waals surface area contributed by atoms with E-state index in [4.69, 9.17) is 0 Å². The zero-order chi connectivity index (χ0) is 25.6. The van der Waals surface area contributed by atoms with Crippen molar-refractivity contribution in [3.63, 3.8) is 0 Å². The number of benzene rings is 1. The number of alkyl halides is 3. The number of piperidine rings is 2. The Morgan fingerprint density at radius 2 is 2.06 bits per heavy atom. The van der Waals surface area contributed by atoms with Crippen molar-refractivity contribution in [2.24, 2.45) is 5.92 Å². The number of anilines is 1. The molecular weight excluding hydrogens is 495 g/mol. The summed E-state index contributed by atoms with van der Waals surface area (Å²) in [6.07, 6.45) is -1.26. The van der Waals surface area contributed by atoms with Gasteiger partial charge in [-0.2, -0.15) is 13.2 Å². The fourth-order valence-electron chi connectivity index (χ4n) is 5.43. The van der Waals surface area contributed by atoms with E-state index in [2.05, 4.69) is 22.5 Å². The van der Waals surface area contributed by atoms with E-state index in [1.54, 1.807) is 4.90 Å². The second-order valence-corrected chi connectivity index (χ2v) is 10.4. The minimum Gasteiger partial charge on any atom is -0.347 e. The van der Waals surface area contributed by atoms with E-state index in [1.165, 1.54) is 34.9 Å². The summed E-state index contributed by atoms with van der Waals surface area (Å²) >= 11 is 1.32. The molecule has 4 aliphatic heterocycles. The maximum Gasteiger partial charge on any atom is 0.416 e. The molecule has 0 radical (unpaired) electrons. The maximum absolute atomic E-state index is 13.3. The number of rotatable bonds is 4. The Kier molecular flexibility index (Phi) is 6.50. The second kappa shape index (κ2) is 9.47. The van der Waals surface area contributed by atoms with E-state index in [0.29, 0.717) is 36.7 Å². The van der Waals surface area contributed by atoms with E-state index in [1.807, 2.05) is 0 Å². The summed E-state index contributed by atoms with van der Waals surface area (Å²) in [6.45, 7) is 5.07. The van der Waals surface area contributed by atoms with Crippen LogP contribution in [0.25, 0.3) is 0 Å². The molecule has 0 aliphatic carbocycles. The molecule has 0 saturated carbocycles. The topological polar surface area (TPSA) is 93.8 Å². The summed E-state index contributed by atoms with van der Waals surface area (Å²) < 4.78 is 39.9. The van der Waals surface area contributed by atoms with Crippen LogP contribution in [0.4, 0.5) is 23.7 Å². The van der Waals surface area contributed by atoms with Gasteiger partial charge >= 0.3 is 12.2 Å². The fraction of sp³-hybridized carbons (Fsp3) is 0.458. The monoisotopic (exact) mass is 521 g/mol. The lowest BCUT2D eigenvalue weighted by atomic mass is 9.86. The molecule has 3 unspecified atom stereocenters. The highest BCUT2D eigenvalue weighted by Crippen LogP contribution is 2.48. The number of hydrogen-bond donors (Lipinski definition) is 3. The molecule has 1 aromatic rings. The van der Waals surface area contributed by atoms with E-state index in [-0.39, 0.29) is 34.8 Å². The van der Waals surface area contributed by atoms with Gasteiger partial charge in [-0.15, -0.1) is 0 Å². The third-order valence-corrected chi connectivity index (χ3v) is 8.40. The molecule has 5 rings (SSSR count). The van der Waals surface area contributed by atoms with Crippen LogP contribution in [0.2, 0.25) is 0 Å². The van der Waals surface area contributed by atoms with Crippen molar-refractivity contribution in [3.8, 4) is 0 Å². The molecule has 1 aromatic carbocycles. The van der Waals surface area contributed by atoms with Gasteiger partial charge in [0.15, 0.2) is 0 Å². The highest BCUT2D eigenvalue weighted by Gasteiger charge is 2.52. The Morgan fingerprint density at radius 3 is 2.81 bits per heavy atom. The van der Waals surface area contributed by atoms with Crippen LogP contribution in [0, 0.1) is 5.92 Å². The molecule has 0 bridgehead atoms. The lowest BCUT2D eigenvalue weighted by Crippen LogP contribution is -2.62. The van der Waals surface area contributed by atoms with E-state index in [9.17, 15) is 27.6 Å². The quantitative estimate of drug-likeness (QED) is 0.530. The minimum atomic E-state index is -4.52. The van der Waals surface area contributed by atoms with E-state index >= 15 is 0 Å². The van der Waals surface area contributed by atoms with E-state index < -0.39 is 23.8 Å². The van der Waals surface area contributed by atoms with Gasteiger partial charge in [-0.05, 0) is 50.1 Å². The molecule has 192 valence electrons. The molecule has 4 aliphatic rings. The number of halogens is 3. The van der Waals surface area contributed by atoms with Gasteiger partial charge in [0.05, 0.1) is 21.9 Å². The summed E-state index contributed by atoms with van der Waals surface area (Å²) in [6, 6.07) is 3.58. The summed E-state index contributed by atoms with van der Waals surface area (Å²) in [5, 5.41) is 8.98. The molecule has 4 amide bonds. The Balaban J connectivity index is 1.39. The predicted octanol–water partition coefficient (Wildman–Crippen LogP) is 2.79. The fourth-order valence-corrected chi connectivity index (χ4v) is 6.83. The number of nitrogens with zero attached hydrogens (tertiary/aromatic N) is 2. The normalized spacial score (nSPS) is 27.9. The standard InChI is InChI=1S/C24H26F3N5O3S/c1-2-17(33)31-10-4-6-14(12-31)29-21(34)20-19-18-16(8-9-28-22(18)36-20)32(23(35)30-19)15-7-3-5-13(11-15)24(25,26)27/h2-3,5,7,11,14,16,18,22,28H,1,4,6,8-10,12H2,(H,29,34)(H,30,35)/t14-,16?,18?,22?/m1/s1. The summed E-state index contributed by atoms with van der Waals surface area (Å²) in [4.78, 5) is 41.9. The number of urea groups is 1. The first-order valence-corrected chi connectivity index (χ1v) is 12.7. The maximum atomic E-state index is 13.3. The van der Waals surface area contributed by atoms with Gasteiger partial charge in [0.25, 0.3) is 5.91 Å². The molecule has 3 N–H and O–H groups in total. The summed E-state index contributed by atoms with van der Waals surface area (Å²) in [5.74, 6) is -0.781. The number of nitrogens with one attached hydrogen (secondary N) is 3. The van der Waals surface area contributed by atoms with Crippen LogP contribution in [-0.4, -0.2) is 59.8 Å². The van der Waals surface area contributed by atoms with Crippen molar-refractivity contribution in [2.75, 3.05) is 24.5 Å². The van der Waals surface area contributed by atoms with Gasteiger partial charge in [0.2, 0.25) is 5.91 Å². The van der Waals surface area contributed by atoms with Gasteiger partial charge < -0.3 is 20.9 Å². The molecule has 0 spiro atoms. The molecule has 8 nitrogen and oxygen atoms in total. The Bertz CT molecular complexity index is 1140. The van der Waals surface area contributed by atoms with Crippen molar-refractivity contribution in [2.45, 2.75) is 42.9 Å². The first kappa shape index (κ1) is 24.7. The molecule has 12 heteroatoms. The van der Waals surface area contributed by atoms with Crippen LogP contribution in [0.15, 0.2) is 47.5 Å². The number of likely N-dealkylation sites (tertiary alicyclic amines) is 1. The van der Waals surface area contributed by atoms with E-state index in [0.717, 1.165) is 25.0 Å². The van der Waals surface area contributed by atoms with Crippen LogP contribution in [-0.2, 0) is 15.8 Å². The third-order valence-electron chi connectivity index (χ3n) is 7.04. The van der Waals surface area contributed by atoms with Gasteiger partial charge in [-0.3, -0.25) is 14.5 Å². The Hall–Kier alpha value is -2.99. The zero-order valence-corrected chi connectivity index (χ0v) is 20.1. The highest BCUT2D eigenvalue weighted by atomic mass is 32.2. The highest BCUT2D eigenvalue weighted by molar-refractivity contribution is 8.04. The smallest absolute Gasteiger partial charge is 0.347 e. The second-order valence-electron chi connectivity index (χ2n) is 9.27. The molecule has 4 heterocycles. The number of hydrogen-bond acceptors (Lipinski definition) is 5. The Morgan fingerprint density at radius 1 is 1.25 bits per heavy atom. The predicted molar refractivity (Wildman–Crippen MR) is 129 cm³/mol. The van der Waals surface area contributed by atoms with Crippen LogP contribution in [0.3, 0.4) is 0 Å². The van der Waals surface area contributed by atoms with Crippen LogP contribution in [0.5, 0.6) is 0 Å². The Labute approximate surface area is 210 Å². The zero-order valence-electron chi connectivity index (χ0n) is 19.3. The van der Waals surface area contributed by atoms with Crippen molar-refractivity contribution in [3.05, 3.63) is 53.1 Å². The SMILES string of the molecule is C=CC(=O)N1CCC[C@@H](NC(=O)C2=C3NC(=O)N(c4cccc(C(F)(F)F)c4)C4CCNC(S2)C34)C1. The summed E-state index contributed by atoms with van der Waals surface area (Å²) in [7, 11) is 0. The first-order chi connectivity index (χ1) is 17.2. The lowest BCUT2D eigenvalue weighted by molar-refractivity contribution is -0.137. The number of carbonyl (C=O) groups excluding carboxylic acids is 3. The molecular formula is C24H26F3N5O3S. The lowest BCUT2D eigenvalue weighted by Gasteiger charge is -2.45. The molecule has 36 heavy (non-hydrogen) atoms. The molecule has 0 aromatic heterocycles. The van der Waals surface area contributed by atoms with Crippen molar-refractivity contribution in [1.29, 1.82) is 0 Å². The van der Waals surface area contributed by atoms with Gasteiger partial charge in [-0.1, -0.05) is 24.4 Å². The van der Waals surface area contributed by atoms with Crippen LogP contribution in [0.1, 0.15) is 24.8 Å². The number of amides is 4. The summed E-state index contributed by atoms with van der Waals surface area (Å²) in [5.41, 5.74) is -0.149. The van der Waals surface area contributed by atoms with Gasteiger partial charge in [0.1, 0.15) is 0 Å². The third kappa shape index (κ3) is 4.47. The molecule has 3 saturated heterocycles. The van der Waals surface area contributed by atoms with Gasteiger partial charge in [-0.25, -0.2) is 4.79 Å². The van der Waals surface area contributed by atoms with Crippen LogP contribution < -0.4 is 20.9 Å². The van der Waals surface area contributed by atoms with Crippen molar-refractivity contribution >= 4 is 35.3 Å². The average molecular weight is 522 g/mol. The molecule has 4 atom stereocenters. The minimum absolute atomic E-state index is 0.170. The largest absolute Gasteiger partial charge is 0.416 e. The first-order valence-electron chi connectivity index (χ1n) is 11.8. The van der Waals surface area contributed by atoms with Crippen molar-refractivity contribution < 1.29 is 27.6 Å². The number of thioether (sulfide) groups is 1. The van der Waals surface area contributed by atoms with Crippen LogP contribution >= 0.6 is 11.8 Å². The average Bonchev–Trinajstić information content (AvgIpc) is 3.23. The number of carbonyl (C=O) groups is 3. The van der Waals surface area contributed by atoms with Crippen molar-refractivity contribution in [1.82, 2.24) is 20.9 Å². The molecule has 3 fully saturated rings.